The van der Waals surface area contributed by atoms with E-state index in [1.165, 1.54) is 39.2 Å². The van der Waals surface area contributed by atoms with Gasteiger partial charge in [0.15, 0.2) is 6.04 Å². The smallest absolute Gasteiger partial charge is 0.332 e. The van der Waals surface area contributed by atoms with Crippen LogP contribution in [0.1, 0.15) is 32.1 Å². The molecule has 0 saturated heterocycles. The predicted molar refractivity (Wildman–Crippen MR) is 57.9 cm³/mol. The number of rotatable bonds is 2. The molecular weight excluding hydrogens is 192 g/mol. The van der Waals surface area contributed by atoms with Crippen molar-refractivity contribution in [3.8, 4) is 0 Å². The number of hydrogen-bond donors (Lipinski definition) is 0. The van der Waals surface area contributed by atoms with Crippen LogP contribution >= 0.6 is 0 Å². The topological polar surface area (TPSA) is 41.9 Å². The lowest BCUT2D eigenvalue weighted by molar-refractivity contribution is -0.142. The maximum atomic E-state index is 11.3. The standard InChI is InChI=1S/C11H18N2O2/c1-15-11(14)10-7-13(8-12-10)9-5-3-2-4-6-9/h8-10H,2-7H2,1H3. The molecule has 1 heterocycles. The van der Waals surface area contributed by atoms with Gasteiger partial charge in [0.1, 0.15) is 0 Å². The molecule has 0 N–H and O–H groups in total. The Bertz CT molecular complexity index is 259. The van der Waals surface area contributed by atoms with Crippen LogP contribution in [0.15, 0.2) is 4.99 Å². The molecule has 0 amide bonds. The third kappa shape index (κ3) is 2.30. The quantitative estimate of drug-likeness (QED) is 0.643. The fourth-order valence-electron chi connectivity index (χ4n) is 2.39. The van der Waals surface area contributed by atoms with Gasteiger partial charge in [-0.15, -0.1) is 0 Å². The van der Waals surface area contributed by atoms with Gasteiger partial charge in [-0.3, -0.25) is 4.99 Å². The van der Waals surface area contributed by atoms with Crippen LogP contribution in [0, 0.1) is 0 Å². The van der Waals surface area contributed by atoms with Crippen LogP contribution in [0.3, 0.4) is 0 Å². The summed E-state index contributed by atoms with van der Waals surface area (Å²) >= 11 is 0. The minimum atomic E-state index is -0.295. The molecule has 1 saturated carbocycles. The van der Waals surface area contributed by atoms with Crippen molar-refractivity contribution < 1.29 is 9.53 Å². The lowest BCUT2D eigenvalue weighted by atomic mass is 9.94. The van der Waals surface area contributed by atoms with Gasteiger partial charge in [0.05, 0.1) is 20.0 Å². The van der Waals surface area contributed by atoms with Gasteiger partial charge >= 0.3 is 5.97 Å². The molecule has 2 rings (SSSR count). The van der Waals surface area contributed by atoms with E-state index < -0.39 is 0 Å². The van der Waals surface area contributed by atoms with Crippen LogP contribution in [0.5, 0.6) is 0 Å². The van der Waals surface area contributed by atoms with Crippen LogP contribution in [0.2, 0.25) is 0 Å². The third-order valence-corrected chi connectivity index (χ3v) is 3.30. The Morgan fingerprint density at radius 2 is 2.13 bits per heavy atom. The highest BCUT2D eigenvalue weighted by Gasteiger charge is 2.29. The number of carbonyl (C=O) groups is 1. The lowest BCUT2D eigenvalue weighted by Crippen LogP contribution is -2.37. The first kappa shape index (κ1) is 10.5. The Morgan fingerprint density at radius 1 is 1.40 bits per heavy atom. The first-order chi connectivity index (χ1) is 7.31. The van der Waals surface area contributed by atoms with Gasteiger partial charge in [-0.1, -0.05) is 19.3 Å². The molecule has 1 unspecified atom stereocenters. The van der Waals surface area contributed by atoms with E-state index in [-0.39, 0.29) is 12.0 Å². The number of methoxy groups -OCH3 is 1. The SMILES string of the molecule is COC(=O)C1CN(C2CCCCC2)C=N1. The van der Waals surface area contributed by atoms with Crippen molar-refractivity contribution in [2.75, 3.05) is 13.7 Å². The Labute approximate surface area is 90.3 Å². The van der Waals surface area contributed by atoms with Crippen molar-refractivity contribution in [1.82, 2.24) is 4.90 Å². The summed E-state index contributed by atoms with van der Waals surface area (Å²) in [6.45, 7) is 0.706. The Hall–Kier alpha value is -1.06. The van der Waals surface area contributed by atoms with Gasteiger partial charge in [0.25, 0.3) is 0 Å². The molecule has 1 fully saturated rings. The molecular formula is C11H18N2O2. The van der Waals surface area contributed by atoms with Crippen molar-refractivity contribution in [3.63, 3.8) is 0 Å². The van der Waals surface area contributed by atoms with Crippen molar-refractivity contribution in [1.29, 1.82) is 0 Å². The first-order valence-electron chi connectivity index (χ1n) is 5.68. The molecule has 0 spiro atoms. The van der Waals surface area contributed by atoms with E-state index in [0.29, 0.717) is 12.6 Å². The summed E-state index contributed by atoms with van der Waals surface area (Å²) in [5.41, 5.74) is 0. The van der Waals surface area contributed by atoms with E-state index in [1.54, 1.807) is 0 Å². The molecule has 0 aromatic rings. The highest BCUT2D eigenvalue weighted by Crippen LogP contribution is 2.23. The highest BCUT2D eigenvalue weighted by atomic mass is 16.5. The van der Waals surface area contributed by atoms with Gasteiger partial charge in [-0.2, -0.15) is 0 Å². The summed E-state index contributed by atoms with van der Waals surface area (Å²) in [7, 11) is 1.42. The minimum Gasteiger partial charge on any atom is -0.467 e. The van der Waals surface area contributed by atoms with Crippen molar-refractivity contribution >= 4 is 12.3 Å². The monoisotopic (exact) mass is 210 g/mol. The lowest BCUT2D eigenvalue weighted by Gasteiger charge is -2.30. The molecule has 15 heavy (non-hydrogen) atoms. The number of esters is 1. The zero-order chi connectivity index (χ0) is 10.7. The molecule has 84 valence electrons. The van der Waals surface area contributed by atoms with Gasteiger partial charge in [-0.25, -0.2) is 4.79 Å². The fourth-order valence-corrected chi connectivity index (χ4v) is 2.39. The molecule has 2 aliphatic rings. The zero-order valence-corrected chi connectivity index (χ0v) is 9.19. The summed E-state index contributed by atoms with van der Waals surface area (Å²) in [5, 5.41) is 0. The van der Waals surface area contributed by atoms with Gasteiger partial charge in [0, 0.05) is 6.04 Å². The number of carbonyl (C=O) groups excluding carboxylic acids is 1. The van der Waals surface area contributed by atoms with Crippen molar-refractivity contribution in [3.05, 3.63) is 0 Å². The average molecular weight is 210 g/mol. The Balaban J connectivity index is 1.87. The number of ether oxygens (including phenoxy) is 1. The van der Waals surface area contributed by atoms with Crippen LogP contribution in [-0.2, 0) is 9.53 Å². The molecule has 1 atom stereocenters. The third-order valence-electron chi connectivity index (χ3n) is 3.30. The number of nitrogens with zero attached hydrogens (tertiary/aromatic N) is 2. The molecule has 1 aliphatic carbocycles. The Kier molecular flexibility index (Phi) is 3.23. The second-order valence-electron chi connectivity index (χ2n) is 4.29. The summed E-state index contributed by atoms with van der Waals surface area (Å²) in [6, 6.07) is 0.300. The van der Waals surface area contributed by atoms with E-state index in [4.69, 9.17) is 4.74 Å². The second-order valence-corrected chi connectivity index (χ2v) is 4.29. The van der Waals surface area contributed by atoms with Gasteiger partial charge in [0.2, 0.25) is 0 Å². The van der Waals surface area contributed by atoms with E-state index in [1.807, 2.05) is 6.34 Å². The molecule has 1 aliphatic heterocycles. The van der Waals surface area contributed by atoms with E-state index in [0.717, 1.165) is 0 Å². The number of aliphatic imine (C=N–C) groups is 1. The second kappa shape index (κ2) is 4.64. The average Bonchev–Trinajstić information content (AvgIpc) is 2.78. The summed E-state index contributed by atoms with van der Waals surface area (Å²) in [6.07, 6.45) is 8.26. The predicted octanol–water partition coefficient (Wildman–Crippen LogP) is 1.20. The van der Waals surface area contributed by atoms with Crippen molar-refractivity contribution in [2.24, 2.45) is 4.99 Å². The van der Waals surface area contributed by atoms with Crippen molar-refractivity contribution in [2.45, 2.75) is 44.2 Å². The van der Waals surface area contributed by atoms with Crippen LogP contribution in [0.4, 0.5) is 0 Å². The molecule has 0 radical (unpaired) electrons. The molecule has 0 bridgehead atoms. The van der Waals surface area contributed by atoms with E-state index in [9.17, 15) is 4.79 Å². The molecule has 4 nitrogen and oxygen atoms in total. The Morgan fingerprint density at radius 3 is 2.80 bits per heavy atom. The van der Waals surface area contributed by atoms with Gasteiger partial charge in [-0.05, 0) is 12.8 Å². The molecule has 4 heteroatoms. The maximum absolute atomic E-state index is 11.3. The summed E-state index contributed by atoms with van der Waals surface area (Å²) in [5.74, 6) is -0.218. The largest absolute Gasteiger partial charge is 0.467 e. The van der Waals surface area contributed by atoms with Crippen LogP contribution in [0.25, 0.3) is 0 Å². The van der Waals surface area contributed by atoms with Crippen LogP contribution in [-0.4, -0.2) is 42.9 Å². The van der Waals surface area contributed by atoms with Gasteiger partial charge < -0.3 is 9.64 Å². The summed E-state index contributed by atoms with van der Waals surface area (Å²) in [4.78, 5) is 17.7. The van der Waals surface area contributed by atoms with E-state index >= 15 is 0 Å². The van der Waals surface area contributed by atoms with E-state index in [2.05, 4.69) is 9.89 Å². The highest BCUT2D eigenvalue weighted by molar-refractivity contribution is 5.80. The fraction of sp³-hybridized carbons (Fsp3) is 0.818. The summed E-state index contributed by atoms with van der Waals surface area (Å²) < 4.78 is 4.69. The van der Waals surface area contributed by atoms with Crippen LogP contribution < -0.4 is 0 Å². The molecule has 0 aromatic heterocycles. The zero-order valence-electron chi connectivity index (χ0n) is 9.19. The normalized spacial score (nSPS) is 27.0. The maximum Gasteiger partial charge on any atom is 0.332 e. The minimum absolute atomic E-state index is 0.218. The molecule has 0 aromatic carbocycles. The first-order valence-corrected chi connectivity index (χ1v) is 5.68. The number of hydrogen-bond acceptors (Lipinski definition) is 4.